The van der Waals surface area contributed by atoms with Gasteiger partial charge in [0.15, 0.2) is 0 Å². The first kappa shape index (κ1) is 18.8. The van der Waals surface area contributed by atoms with Crippen LogP contribution in [0.15, 0.2) is 48.5 Å². The number of carbonyl (C=O) groups excluding carboxylic acids is 2. The quantitative estimate of drug-likeness (QED) is 0.882. The van der Waals surface area contributed by atoms with Crippen LogP contribution in [0.5, 0.6) is 5.75 Å². The van der Waals surface area contributed by atoms with Crippen LogP contribution in [0.4, 0.5) is 11.4 Å². The van der Waals surface area contributed by atoms with Gasteiger partial charge < -0.3 is 19.9 Å². The Balaban J connectivity index is 1.58. The predicted molar refractivity (Wildman–Crippen MR) is 106 cm³/mol. The number of nitrogens with one attached hydrogen (secondary N) is 1. The van der Waals surface area contributed by atoms with E-state index in [0.717, 1.165) is 48.9 Å². The third-order valence-electron chi connectivity index (χ3n) is 4.74. The van der Waals surface area contributed by atoms with E-state index in [1.165, 1.54) is 0 Å². The van der Waals surface area contributed by atoms with Crippen molar-refractivity contribution in [3.05, 3.63) is 54.1 Å². The molecule has 1 fully saturated rings. The lowest BCUT2D eigenvalue weighted by molar-refractivity contribution is -0.129. The first-order chi connectivity index (χ1) is 13.0. The van der Waals surface area contributed by atoms with Crippen LogP contribution >= 0.6 is 0 Å². The van der Waals surface area contributed by atoms with E-state index in [1.807, 2.05) is 53.4 Å². The van der Waals surface area contributed by atoms with Gasteiger partial charge in [0.1, 0.15) is 5.75 Å². The molecule has 0 spiro atoms. The summed E-state index contributed by atoms with van der Waals surface area (Å²) in [5.41, 5.74) is 2.77. The number of methoxy groups -OCH3 is 1. The van der Waals surface area contributed by atoms with E-state index in [1.54, 1.807) is 14.0 Å². The molecule has 0 aliphatic carbocycles. The van der Waals surface area contributed by atoms with Crippen LogP contribution in [-0.4, -0.2) is 50.0 Å². The zero-order chi connectivity index (χ0) is 19.2. The second kappa shape index (κ2) is 8.58. The Bertz CT molecular complexity index is 797. The Labute approximate surface area is 159 Å². The van der Waals surface area contributed by atoms with E-state index in [-0.39, 0.29) is 11.8 Å². The summed E-state index contributed by atoms with van der Waals surface area (Å²) in [5.74, 6) is 0.838. The number of amides is 2. The summed E-state index contributed by atoms with van der Waals surface area (Å²) in [5, 5.41) is 2.96. The van der Waals surface area contributed by atoms with Gasteiger partial charge in [-0.1, -0.05) is 18.2 Å². The highest BCUT2D eigenvalue weighted by molar-refractivity contribution is 5.92. The standard InChI is InChI=1S/C21H25N3O3/c1-16(25)23-10-12-24(13-11-23)19-5-3-4-18(15-19)22-21(26)14-17-6-8-20(27-2)9-7-17/h3-9,15H,10-14H2,1-2H3,(H,22,26). The number of benzene rings is 2. The van der Waals surface area contributed by atoms with E-state index in [2.05, 4.69) is 10.2 Å². The second-order valence-corrected chi connectivity index (χ2v) is 6.62. The minimum Gasteiger partial charge on any atom is -0.497 e. The zero-order valence-electron chi connectivity index (χ0n) is 15.8. The molecule has 1 aliphatic rings. The number of hydrogen-bond acceptors (Lipinski definition) is 4. The highest BCUT2D eigenvalue weighted by atomic mass is 16.5. The fourth-order valence-electron chi connectivity index (χ4n) is 3.19. The Morgan fingerprint density at radius 3 is 2.37 bits per heavy atom. The van der Waals surface area contributed by atoms with Gasteiger partial charge in [0.05, 0.1) is 13.5 Å². The summed E-state index contributed by atoms with van der Waals surface area (Å²) in [7, 11) is 1.62. The highest BCUT2D eigenvalue weighted by Gasteiger charge is 2.19. The molecule has 0 bridgehead atoms. The first-order valence-corrected chi connectivity index (χ1v) is 9.08. The van der Waals surface area contributed by atoms with Gasteiger partial charge in [0.25, 0.3) is 0 Å². The van der Waals surface area contributed by atoms with Gasteiger partial charge in [-0.3, -0.25) is 9.59 Å². The number of anilines is 2. The normalized spacial score (nSPS) is 14.0. The third kappa shape index (κ3) is 5.00. The lowest BCUT2D eigenvalue weighted by Crippen LogP contribution is -2.48. The summed E-state index contributed by atoms with van der Waals surface area (Å²) in [6.45, 7) is 4.65. The molecule has 27 heavy (non-hydrogen) atoms. The average Bonchev–Trinajstić information content (AvgIpc) is 2.69. The Kier molecular flexibility index (Phi) is 5.96. The summed E-state index contributed by atoms with van der Waals surface area (Å²) in [4.78, 5) is 27.9. The molecular weight excluding hydrogens is 342 g/mol. The van der Waals surface area contributed by atoms with E-state index < -0.39 is 0 Å². The van der Waals surface area contributed by atoms with Gasteiger partial charge in [-0.2, -0.15) is 0 Å². The fourth-order valence-corrected chi connectivity index (χ4v) is 3.19. The first-order valence-electron chi connectivity index (χ1n) is 9.08. The largest absolute Gasteiger partial charge is 0.497 e. The van der Waals surface area contributed by atoms with Crippen molar-refractivity contribution in [2.75, 3.05) is 43.5 Å². The van der Waals surface area contributed by atoms with E-state index in [9.17, 15) is 9.59 Å². The molecule has 1 saturated heterocycles. The van der Waals surface area contributed by atoms with Crippen molar-refractivity contribution in [2.45, 2.75) is 13.3 Å². The molecule has 0 saturated carbocycles. The molecule has 142 valence electrons. The fraction of sp³-hybridized carbons (Fsp3) is 0.333. The van der Waals surface area contributed by atoms with Gasteiger partial charge in [0, 0.05) is 44.5 Å². The molecule has 2 aromatic rings. The smallest absolute Gasteiger partial charge is 0.228 e. The number of nitrogens with zero attached hydrogens (tertiary/aromatic N) is 2. The molecule has 1 N–H and O–H groups in total. The van der Waals surface area contributed by atoms with Crippen molar-refractivity contribution >= 4 is 23.2 Å². The summed E-state index contributed by atoms with van der Waals surface area (Å²) in [6.07, 6.45) is 0.311. The van der Waals surface area contributed by atoms with Crippen LogP contribution in [0.2, 0.25) is 0 Å². The molecule has 6 heteroatoms. The molecule has 0 unspecified atom stereocenters. The Morgan fingerprint density at radius 2 is 1.74 bits per heavy atom. The van der Waals surface area contributed by atoms with Crippen molar-refractivity contribution in [1.82, 2.24) is 4.90 Å². The lowest BCUT2D eigenvalue weighted by Gasteiger charge is -2.35. The molecule has 1 heterocycles. The van der Waals surface area contributed by atoms with Crippen molar-refractivity contribution in [1.29, 1.82) is 0 Å². The van der Waals surface area contributed by atoms with E-state index in [0.29, 0.717) is 6.42 Å². The van der Waals surface area contributed by atoms with E-state index in [4.69, 9.17) is 4.74 Å². The average molecular weight is 367 g/mol. The minimum atomic E-state index is -0.0567. The molecular formula is C21H25N3O3. The molecule has 1 aliphatic heterocycles. The maximum Gasteiger partial charge on any atom is 0.228 e. The van der Waals surface area contributed by atoms with Gasteiger partial charge in [-0.25, -0.2) is 0 Å². The van der Waals surface area contributed by atoms with Gasteiger partial charge in [0.2, 0.25) is 11.8 Å². The molecule has 0 aromatic heterocycles. The van der Waals surface area contributed by atoms with Gasteiger partial charge in [-0.15, -0.1) is 0 Å². The maximum absolute atomic E-state index is 12.3. The summed E-state index contributed by atoms with van der Waals surface area (Å²) >= 11 is 0. The predicted octanol–water partition coefficient (Wildman–Crippen LogP) is 2.54. The zero-order valence-corrected chi connectivity index (χ0v) is 15.8. The molecule has 0 radical (unpaired) electrons. The van der Waals surface area contributed by atoms with Crippen LogP contribution in [0.3, 0.4) is 0 Å². The highest BCUT2D eigenvalue weighted by Crippen LogP contribution is 2.21. The van der Waals surface area contributed by atoms with Crippen molar-refractivity contribution in [3.8, 4) is 5.75 Å². The van der Waals surface area contributed by atoms with Crippen LogP contribution in [-0.2, 0) is 16.0 Å². The second-order valence-electron chi connectivity index (χ2n) is 6.62. The Hall–Kier alpha value is -3.02. The topological polar surface area (TPSA) is 61.9 Å². The summed E-state index contributed by atoms with van der Waals surface area (Å²) < 4.78 is 5.13. The van der Waals surface area contributed by atoms with Crippen LogP contribution in [0, 0.1) is 0 Å². The third-order valence-corrected chi connectivity index (χ3v) is 4.74. The number of rotatable bonds is 5. The Morgan fingerprint density at radius 1 is 1.04 bits per heavy atom. The van der Waals surface area contributed by atoms with Crippen molar-refractivity contribution < 1.29 is 14.3 Å². The van der Waals surface area contributed by atoms with Gasteiger partial charge >= 0.3 is 0 Å². The van der Waals surface area contributed by atoms with Gasteiger partial charge in [-0.05, 0) is 35.9 Å². The SMILES string of the molecule is COc1ccc(CC(=O)Nc2cccc(N3CCN(C(C)=O)CC3)c2)cc1. The number of hydrogen-bond donors (Lipinski definition) is 1. The molecule has 2 aromatic carbocycles. The van der Waals surface area contributed by atoms with Crippen molar-refractivity contribution in [3.63, 3.8) is 0 Å². The number of carbonyl (C=O) groups is 2. The monoisotopic (exact) mass is 367 g/mol. The van der Waals surface area contributed by atoms with E-state index >= 15 is 0 Å². The lowest BCUT2D eigenvalue weighted by atomic mass is 10.1. The number of piperazine rings is 1. The van der Waals surface area contributed by atoms with Crippen molar-refractivity contribution in [2.24, 2.45) is 0 Å². The minimum absolute atomic E-state index is 0.0567. The van der Waals surface area contributed by atoms with Crippen LogP contribution in [0.1, 0.15) is 12.5 Å². The molecule has 2 amide bonds. The van der Waals surface area contributed by atoms with Crippen LogP contribution in [0.25, 0.3) is 0 Å². The molecule has 6 nitrogen and oxygen atoms in total. The number of ether oxygens (including phenoxy) is 1. The summed E-state index contributed by atoms with van der Waals surface area (Å²) in [6, 6.07) is 15.3. The molecule has 0 atom stereocenters. The maximum atomic E-state index is 12.3. The van der Waals surface area contributed by atoms with Crippen LogP contribution < -0.4 is 15.0 Å². The molecule has 3 rings (SSSR count).